The number of nitrogens with one attached hydrogen (secondary N) is 1. The first-order valence-corrected chi connectivity index (χ1v) is 8.60. The van der Waals surface area contributed by atoms with Crippen LogP contribution >= 0.6 is 35.0 Å². The maximum Gasteiger partial charge on any atom is 0.234 e. The van der Waals surface area contributed by atoms with E-state index in [0.29, 0.717) is 20.9 Å². The van der Waals surface area contributed by atoms with Crippen LogP contribution in [0.5, 0.6) is 0 Å². The lowest BCUT2D eigenvalue weighted by Gasteiger charge is -2.08. The number of thioether (sulfide) groups is 1. The highest BCUT2D eigenvalue weighted by atomic mass is 35.5. The summed E-state index contributed by atoms with van der Waals surface area (Å²) in [5.74, 6) is -0.132. The van der Waals surface area contributed by atoms with E-state index in [1.165, 1.54) is 11.8 Å². The summed E-state index contributed by atoms with van der Waals surface area (Å²) in [6, 6.07) is 14.5. The van der Waals surface area contributed by atoms with Gasteiger partial charge in [0.2, 0.25) is 11.1 Å². The van der Waals surface area contributed by atoms with Crippen LogP contribution < -0.4 is 5.32 Å². The molecule has 1 N–H and O–H groups in total. The molecule has 0 bridgehead atoms. The number of carbonyl (C=O) groups is 1. The number of rotatable bonds is 5. The van der Waals surface area contributed by atoms with Gasteiger partial charge in [-0.05, 0) is 34.7 Å². The number of nitrogens with zero attached hydrogens (tertiary/aromatic N) is 4. The van der Waals surface area contributed by atoms with Gasteiger partial charge in [0.1, 0.15) is 0 Å². The smallest absolute Gasteiger partial charge is 0.234 e. The Bertz CT molecular complexity index is 836. The number of benzene rings is 2. The standard InChI is InChI=1S/C15H11Cl2N5OS/c16-11-7-4-8-12(17)14(11)18-13(23)9-24-15-19-20-21-22(15)10-5-2-1-3-6-10/h1-8H,9H2,(H,18,23). The molecule has 0 aliphatic rings. The van der Waals surface area contributed by atoms with Gasteiger partial charge in [0, 0.05) is 0 Å². The maximum absolute atomic E-state index is 12.1. The van der Waals surface area contributed by atoms with E-state index in [2.05, 4.69) is 20.8 Å². The summed E-state index contributed by atoms with van der Waals surface area (Å²) in [6.07, 6.45) is 0. The minimum Gasteiger partial charge on any atom is -0.323 e. The fourth-order valence-electron chi connectivity index (χ4n) is 1.92. The van der Waals surface area contributed by atoms with Gasteiger partial charge < -0.3 is 5.32 Å². The molecule has 0 radical (unpaired) electrons. The molecule has 0 unspecified atom stereocenters. The molecule has 1 heterocycles. The molecule has 3 aromatic rings. The molecule has 0 aliphatic heterocycles. The Morgan fingerprint density at radius 2 is 1.79 bits per heavy atom. The third-order valence-corrected chi connectivity index (χ3v) is 4.55. The molecule has 122 valence electrons. The van der Waals surface area contributed by atoms with Gasteiger partial charge in [-0.15, -0.1) is 5.10 Å². The summed E-state index contributed by atoms with van der Waals surface area (Å²) >= 11 is 13.3. The number of aromatic nitrogens is 4. The fraction of sp³-hybridized carbons (Fsp3) is 0.0667. The molecular formula is C15H11Cl2N5OS. The first kappa shape index (κ1) is 16.8. The molecule has 24 heavy (non-hydrogen) atoms. The second-order valence-corrected chi connectivity index (χ2v) is 6.40. The lowest BCUT2D eigenvalue weighted by atomic mass is 10.3. The van der Waals surface area contributed by atoms with Gasteiger partial charge in [-0.2, -0.15) is 4.68 Å². The number of hydrogen-bond donors (Lipinski definition) is 1. The van der Waals surface area contributed by atoms with Crippen molar-refractivity contribution < 1.29 is 4.79 Å². The van der Waals surface area contributed by atoms with Gasteiger partial charge >= 0.3 is 0 Å². The summed E-state index contributed by atoms with van der Waals surface area (Å²) in [6.45, 7) is 0. The van der Waals surface area contributed by atoms with Crippen LogP contribution in [0.15, 0.2) is 53.7 Å². The van der Waals surface area contributed by atoms with Crippen molar-refractivity contribution in [2.45, 2.75) is 5.16 Å². The highest BCUT2D eigenvalue weighted by Gasteiger charge is 2.13. The highest BCUT2D eigenvalue weighted by Crippen LogP contribution is 2.30. The molecule has 9 heteroatoms. The van der Waals surface area contributed by atoms with Gasteiger partial charge in [-0.25, -0.2) is 0 Å². The fourth-order valence-corrected chi connectivity index (χ4v) is 3.11. The quantitative estimate of drug-likeness (QED) is 0.684. The normalized spacial score (nSPS) is 10.6. The third kappa shape index (κ3) is 3.87. The Hall–Kier alpha value is -2.09. The van der Waals surface area contributed by atoms with Crippen molar-refractivity contribution in [3.63, 3.8) is 0 Å². The molecule has 0 spiro atoms. The number of halogens is 2. The zero-order valence-electron chi connectivity index (χ0n) is 12.2. The number of carbonyl (C=O) groups excluding carboxylic acids is 1. The molecule has 0 atom stereocenters. The van der Waals surface area contributed by atoms with Crippen LogP contribution in [0.4, 0.5) is 5.69 Å². The molecule has 0 saturated carbocycles. The van der Waals surface area contributed by atoms with Crippen molar-refractivity contribution in [3.05, 3.63) is 58.6 Å². The Morgan fingerprint density at radius 3 is 2.50 bits per heavy atom. The summed E-state index contributed by atoms with van der Waals surface area (Å²) < 4.78 is 1.57. The van der Waals surface area contributed by atoms with E-state index in [9.17, 15) is 4.79 Å². The zero-order chi connectivity index (χ0) is 16.9. The van der Waals surface area contributed by atoms with Crippen molar-refractivity contribution in [2.75, 3.05) is 11.1 Å². The predicted octanol–water partition coefficient (Wildman–Crippen LogP) is 3.70. The molecule has 0 aliphatic carbocycles. The van der Waals surface area contributed by atoms with Crippen molar-refractivity contribution in [2.24, 2.45) is 0 Å². The van der Waals surface area contributed by atoms with Gasteiger partial charge in [0.15, 0.2) is 0 Å². The third-order valence-electron chi connectivity index (χ3n) is 3.00. The topological polar surface area (TPSA) is 72.7 Å². The van der Waals surface area contributed by atoms with Crippen LogP contribution in [-0.4, -0.2) is 31.9 Å². The van der Waals surface area contributed by atoms with Gasteiger partial charge in [0.05, 0.1) is 27.2 Å². The van der Waals surface area contributed by atoms with Crippen molar-refractivity contribution in [1.82, 2.24) is 20.2 Å². The van der Waals surface area contributed by atoms with E-state index in [1.807, 2.05) is 30.3 Å². The van der Waals surface area contributed by atoms with Gasteiger partial charge in [-0.1, -0.05) is 59.2 Å². The molecule has 1 amide bonds. The first-order valence-electron chi connectivity index (χ1n) is 6.85. The Balaban J connectivity index is 1.67. The minimum atomic E-state index is -0.252. The second kappa shape index (κ2) is 7.65. The lowest BCUT2D eigenvalue weighted by molar-refractivity contribution is -0.113. The summed E-state index contributed by atoms with van der Waals surface area (Å²) in [5.41, 5.74) is 1.22. The average Bonchev–Trinajstić information content (AvgIpc) is 3.06. The Labute approximate surface area is 152 Å². The van der Waals surface area contributed by atoms with Crippen LogP contribution in [0.25, 0.3) is 5.69 Å². The molecular weight excluding hydrogens is 369 g/mol. The largest absolute Gasteiger partial charge is 0.323 e. The SMILES string of the molecule is O=C(CSc1nnnn1-c1ccccc1)Nc1c(Cl)cccc1Cl. The Morgan fingerprint density at radius 1 is 1.08 bits per heavy atom. The van der Waals surface area contributed by atoms with E-state index in [4.69, 9.17) is 23.2 Å². The van der Waals surface area contributed by atoms with Crippen LogP contribution in [0.1, 0.15) is 0 Å². The van der Waals surface area contributed by atoms with Crippen LogP contribution in [0.3, 0.4) is 0 Å². The molecule has 6 nitrogen and oxygen atoms in total. The summed E-state index contributed by atoms with van der Waals surface area (Å²) in [4.78, 5) is 12.1. The molecule has 0 saturated heterocycles. The maximum atomic E-state index is 12.1. The van der Waals surface area contributed by atoms with E-state index in [1.54, 1.807) is 22.9 Å². The van der Waals surface area contributed by atoms with E-state index < -0.39 is 0 Å². The van der Waals surface area contributed by atoms with Crippen molar-refractivity contribution in [3.8, 4) is 5.69 Å². The number of tetrazole rings is 1. The van der Waals surface area contributed by atoms with Gasteiger partial charge in [-0.3, -0.25) is 4.79 Å². The number of anilines is 1. The highest BCUT2D eigenvalue weighted by molar-refractivity contribution is 7.99. The van der Waals surface area contributed by atoms with Crippen LogP contribution in [0.2, 0.25) is 10.0 Å². The molecule has 0 fully saturated rings. The monoisotopic (exact) mass is 379 g/mol. The zero-order valence-corrected chi connectivity index (χ0v) is 14.5. The van der Waals surface area contributed by atoms with Crippen LogP contribution in [0, 0.1) is 0 Å². The molecule has 1 aromatic heterocycles. The molecule has 3 rings (SSSR count). The van der Waals surface area contributed by atoms with Crippen molar-refractivity contribution >= 4 is 46.6 Å². The van der Waals surface area contributed by atoms with E-state index in [-0.39, 0.29) is 11.7 Å². The van der Waals surface area contributed by atoms with E-state index in [0.717, 1.165) is 5.69 Å². The lowest BCUT2D eigenvalue weighted by Crippen LogP contribution is -2.15. The number of para-hydroxylation sites is 2. The first-order chi connectivity index (χ1) is 11.6. The average molecular weight is 380 g/mol. The molecule has 2 aromatic carbocycles. The van der Waals surface area contributed by atoms with Gasteiger partial charge in [0.25, 0.3) is 0 Å². The van der Waals surface area contributed by atoms with Crippen molar-refractivity contribution in [1.29, 1.82) is 0 Å². The summed E-state index contributed by atoms with van der Waals surface area (Å²) in [7, 11) is 0. The Kier molecular flexibility index (Phi) is 5.34. The number of amides is 1. The number of hydrogen-bond acceptors (Lipinski definition) is 5. The second-order valence-electron chi connectivity index (χ2n) is 4.64. The summed E-state index contributed by atoms with van der Waals surface area (Å²) in [5, 5.41) is 15.5. The van der Waals surface area contributed by atoms with E-state index >= 15 is 0 Å². The minimum absolute atomic E-state index is 0.120. The van der Waals surface area contributed by atoms with Crippen LogP contribution in [-0.2, 0) is 4.79 Å². The predicted molar refractivity (Wildman–Crippen MR) is 95.0 cm³/mol.